The molecule has 144 valence electrons. The summed E-state index contributed by atoms with van der Waals surface area (Å²) < 4.78 is 39.7. The third kappa shape index (κ3) is 5.58. The summed E-state index contributed by atoms with van der Waals surface area (Å²) in [7, 11) is 1.64. The van der Waals surface area contributed by atoms with Gasteiger partial charge >= 0.3 is 6.18 Å². The zero-order chi connectivity index (χ0) is 20.2. The van der Waals surface area contributed by atoms with Gasteiger partial charge in [-0.1, -0.05) is 0 Å². The third-order valence-corrected chi connectivity index (χ3v) is 3.84. The van der Waals surface area contributed by atoms with Crippen molar-refractivity contribution in [3.8, 4) is 0 Å². The van der Waals surface area contributed by atoms with Crippen LogP contribution in [0.2, 0.25) is 0 Å². The first kappa shape index (κ1) is 20.5. The molecule has 7 nitrogen and oxygen atoms in total. The summed E-state index contributed by atoms with van der Waals surface area (Å²) in [6.07, 6.45) is -2.85. The van der Waals surface area contributed by atoms with Crippen LogP contribution in [0, 0.1) is 0 Å². The molecule has 0 aliphatic carbocycles. The second-order valence-corrected chi connectivity index (χ2v) is 6.33. The Morgan fingerprint density at radius 2 is 1.70 bits per heavy atom. The molecule has 11 heteroatoms. The van der Waals surface area contributed by atoms with E-state index in [-0.39, 0.29) is 11.3 Å². The number of carbonyl (C=O) groups excluding carboxylic acids is 3. The standard InChI is InChI=1S/C16H14BrF3N4O3/c1-24-8-11(17)6-12(24)15(27)23-22-13(25)7-21-14(26)9-2-4-10(5-3-9)16(18,19)20/h2-6,8H,7H2,1H3,(H,21,26)(H,22,25)(H,23,27). The maximum absolute atomic E-state index is 12.5. The number of aromatic nitrogens is 1. The Labute approximate surface area is 160 Å². The number of carbonyl (C=O) groups is 3. The lowest BCUT2D eigenvalue weighted by Crippen LogP contribution is -2.46. The van der Waals surface area contributed by atoms with Gasteiger partial charge in [-0.15, -0.1) is 0 Å². The molecule has 1 aromatic carbocycles. The van der Waals surface area contributed by atoms with E-state index in [0.29, 0.717) is 4.47 Å². The van der Waals surface area contributed by atoms with Gasteiger partial charge in [0.15, 0.2) is 0 Å². The molecule has 0 atom stereocenters. The fraction of sp³-hybridized carbons (Fsp3) is 0.188. The molecule has 0 saturated carbocycles. The monoisotopic (exact) mass is 446 g/mol. The maximum atomic E-state index is 12.5. The van der Waals surface area contributed by atoms with Crippen LogP contribution in [0.3, 0.4) is 0 Å². The number of hydrogen-bond donors (Lipinski definition) is 3. The van der Waals surface area contributed by atoms with E-state index in [9.17, 15) is 27.6 Å². The largest absolute Gasteiger partial charge is 0.416 e. The first-order chi connectivity index (χ1) is 12.6. The third-order valence-electron chi connectivity index (χ3n) is 3.40. The normalized spacial score (nSPS) is 11.0. The molecule has 3 N–H and O–H groups in total. The van der Waals surface area contributed by atoms with Crippen molar-refractivity contribution in [2.75, 3.05) is 6.54 Å². The Kier molecular flexibility index (Phi) is 6.26. The highest BCUT2D eigenvalue weighted by Crippen LogP contribution is 2.29. The molecular formula is C16H14BrF3N4O3. The molecule has 1 heterocycles. The first-order valence-electron chi connectivity index (χ1n) is 7.44. The Hall–Kier alpha value is -2.82. The second-order valence-electron chi connectivity index (χ2n) is 5.41. The topological polar surface area (TPSA) is 92.2 Å². The van der Waals surface area contributed by atoms with Crippen LogP contribution in [0.25, 0.3) is 0 Å². The first-order valence-corrected chi connectivity index (χ1v) is 8.23. The molecule has 1 aromatic heterocycles. The van der Waals surface area contributed by atoms with Gasteiger partial charge < -0.3 is 9.88 Å². The Balaban J connectivity index is 1.82. The van der Waals surface area contributed by atoms with E-state index in [1.165, 1.54) is 4.57 Å². The van der Waals surface area contributed by atoms with Crippen molar-refractivity contribution >= 4 is 33.7 Å². The molecule has 2 aromatic rings. The molecule has 0 saturated heterocycles. The summed E-state index contributed by atoms with van der Waals surface area (Å²) in [4.78, 5) is 35.4. The molecule has 2 rings (SSSR count). The lowest BCUT2D eigenvalue weighted by molar-refractivity contribution is -0.137. The molecular weight excluding hydrogens is 433 g/mol. The van der Waals surface area contributed by atoms with Crippen molar-refractivity contribution in [1.29, 1.82) is 0 Å². The molecule has 0 spiro atoms. The number of nitrogens with zero attached hydrogens (tertiary/aromatic N) is 1. The van der Waals surface area contributed by atoms with Gasteiger partial charge in [0.2, 0.25) is 0 Å². The van der Waals surface area contributed by atoms with Crippen LogP contribution in [0.1, 0.15) is 26.4 Å². The molecule has 0 fully saturated rings. The predicted octanol–water partition coefficient (Wildman–Crippen LogP) is 2.00. The highest BCUT2D eigenvalue weighted by molar-refractivity contribution is 9.10. The summed E-state index contributed by atoms with van der Waals surface area (Å²) in [5.41, 5.74) is 3.68. The number of amides is 3. The number of nitrogens with one attached hydrogen (secondary N) is 3. The summed E-state index contributed by atoms with van der Waals surface area (Å²) in [6.45, 7) is -0.475. The van der Waals surface area contributed by atoms with E-state index in [1.54, 1.807) is 19.3 Å². The average Bonchev–Trinajstić information content (AvgIpc) is 2.95. The highest BCUT2D eigenvalue weighted by atomic mass is 79.9. The van der Waals surface area contributed by atoms with Crippen molar-refractivity contribution in [3.63, 3.8) is 0 Å². The number of halogens is 4. The van der Waals surface area contributed by atoms with E-state index in [4.69, 9.17) is 0 Å². The van der Waals surface area contributed by atoms with Crippen LogP contribution in [-0.4, -0.2) is 28.8 Å². The molecule has 0 unspecified atom stereocenters. The summed E-state index contributed by atoms with van der Waals surface area (Å²) in [5.74, 6) is -2.00. The molecule has 0 radical (unpaired) electrons. The fourth-order valence-corrected chi connectivity index (χ4v) is 2.58. The van der Waals surface area contributed by atoms with Crippen LogP contribution >= 0.6 is 15.9 Å². The average molecular weight is 447 g/mol. The van der Waals surface area contributed by atoms with Crippen LogP contribution in [0.15, 0.2) is 41.0 Å². The maximum Gasteiger partial charge on any atom is 0.416 e. The van der Waals surface area contributed by atoms with Gasteiger partial charge in [-0.25, -0.2) is 0 Å². The van der Waals surface area contributed by atoms with Crippen LogP contribution in [0.5, 0.6) is 0 Å². The Bertz CT molecular complexity index is 863. The van der Waals surface area contributed by atoms with Crippen LogP contribution in [0.4, 0.5) is 13.2 Å². The number of alkyl halides is 3. The molecule has 0 bridgehead atoms. The summed E-state index contributed by atoms with van der Waals surface area (Å²) in [5, 5.41) is 2.24. The Morgan fingerprint density at radius 1 is 1.07 bits per heavy atom. The quantitative estimate of drug-likeness (QED) is 0.627. The van der Waals surface area contributed by atoms with Gasteiger partial charge in [0.1, 0.15) is 5.69 Å². The van der Waals surface area contributed by atoms with Crippen molar-refractivity contribution in [3.05, 3.63) is 57.8 Å². The van der Waals surface area contributed by atoms with Crippen molar-refractivity contribution < 1.29 is 27.6 Å². The molecule has 27 heavy (non-hydrogen) atoms. The number of benzene rings is 1. The van der Waals surface area contributed by atoms with Crippen LogP contribution < -0.4 is 16.2 Å². The number of hydrogen-bond acceptors (Lipinski definition) is 3. The molecule has 3 amide bonds. The summed E-state index contributed by atoms with van der Waals surface area (Å²) >= 11 is 3.21. The van der Waals surface area contributed by atoms with Gasteiger partial charge in [-0.05, 0) is 46.3 Å². The minimum absolute atomic E-state index is 0.0338. The number of aryl methyl sites for hydroxylation is 1. The van der Waals surface area contributed by atoms with Crippen molar-refractivity contribution in [1.82, 2.24) is 20.7 Å². The lowest BCUT2D eigenvalue weighted by Gasteiger charge is -2.10. The second kappa shape index (κ2) is 8.25. The van der Waals surface area contributed by atoms with Gasteiger partial charge in [-0.2, -0.15) is 13.2 Å². The van der Waals surface area contributed by atoms with Gasteiger partial charge in [0.25, 0.3) is 17.7 Å². The number of rotatable bonds is 4. The van der Waals surface area contributed by atoms with E-state index in [0.717, 1.165) is 24.3 Å². The van der Waals surface area contributed by atoms with Gasteiger partial charge in [0, 0.05) is 23.3 Å². The summed E-state index contributed by atoms with van der Waals surface area (Å²) in [6, 6.07) is 5.10. The smallest absolute Gasteiger partial charge is 0.345 e. The zero-order valence-electron chi connectivity index (χ0n) is 13.9. The minimum atomic E-state index is -4.50. The van der Waals surface area contributed by atoms with E-state index >= 15 is 0 Å². The number of hydrazine groups is 1. The molecule has 0 aliphatic rings. The Morgan fingerprint density at radius 3 is 2.22 bits per heavy atom. The predicted molar refractivity (Wildman–Crippen MR) is 92.5 cm³/mol. The van der Waals surface area contributed by atoms with Crippen molar-refractivity contribution in [2.45, 2.75) is 6.18 Å². The van der Waals surface area contributed by atoms with Gasteiger partial charge in [0.05, 0.1) is 12.1 Å². The fourth-order valence-electron chi connectivity index (χ4n) is 2.06. The zero-order valence-corrected chi connectivity index (χ0v) is 15.4. The minimum Gasteiger partial charge on any atom is -0.345 e. The van der Waals surface area contributed by atoms with E-state index in [1.807, 2.05) is 0 Å². The van der Waals surface area contributed by atoms with Crippen LogP contribution in [-0.2, 0) is 18.0 Å². The van der Waals surface area contributed by atoms with Gasteiger partial charge in [-0.3, -0.25) is 25.2 Å². The lowest BCUT2D eigenvalue weighted by atomic mass is 10.1. The molecule has 0 aliphatic heterocycles. The van der Waals surface area contributed by atoms with E-state index in [2.05, 4.69) is 32.1 Å². The highest BCUT2D eigenvalue weighted by Gasteiger charge is 2.30. The van der Waals surface area contributed by atoms with Crippen molar-refractivity contribution in [2.24, 2.45) is 7.05 Å². The SMILES string of the molecule is Cn1cc(Br)cc1C(=O)NNC(=O)CNC(=O)c1ccc(C(F)(F)F)cc1. The van der Waals surface area contributed by atoms with E-state index < -0.39 is 36.0 Å².